The molecule has 0 unspecified atom stereocenters. The van der Waals surface area contributed by atoms with Crippen LogP contribution in [0.3, 0.4) is 0 Å². The van der Waals surface area contributed by atoms with Crippen molar-refractivity contribution in [3.05, 3.63) is 108 Å². The predicted octanol–water partition coefficient (Wildman–Crippen LogP) is 4.22. The third kappa shape index (κ3) is 3.22. The van der Waals surface area contributed by atoms with Crippen molar-refractivity contribution in [1.29, 1.82) is 0 Å². The quantitative estimate of drug-likeness (QED) is 0.483. The second-order valence-electron chi connectivity index (χ2n) is 4.67. The minimum Gasteiger partial charge on any atom is -0.0622 e. The van der Waals surface area contributed by atoms with E-state index in [9.17, 15) is 0 Å². The average Bonchev–Trinajstić information content (AvgIpc) is 2.51. The van der Waals surface area contributed by atoms with E-state index in [-0.39, 0.29) is 18.9 Å². The van der Waals surface area contributed by atoms with E-state index in [1.54, 1.807) is 0 Å². The SMILES string of the molecule is [LiH].c1ccc(C(c2ccccc2)c2ccccc2)cc1. The zero-order chi connectivity index (χ0) is 12.9. The molecule has 0 N–H and O–H groups in total. The topological polar surface area (TPSA) is 0 Å². The van der Waals surface area contributed by atoms with E-state index in [1.165, 1.54) is 16.7 Å². The fraction of sp³-hybridized carbons (Fsp3) is 0.0526. The zero-order valence-corrected chi connectivity index (χ0v) is 10.7. The van der Waals surface area contributed by atoms with Crippen molar-refractivity contribution in [3.8, 4) is 0 Å². The Morgan fingerprint density at radius 1 is 0.400 bits per heavy atom. The average molecular weight is 252 g/mol. The number of hydrogen-bond donors (Lipinski definition) is 0. The second kappa shape index (κ2) is 7.15. The van der Waals surface area contributed by atoms with Crippen molar-refractivity contribution in [2.75, 3.05) is 0 Å². The molecule has 0 bridgehead atoms. The molecule has 0 aromatic heterocycles. The summed E-state index contributed by atoms with van der Waals surface area (Å²) in [5.41, 5.74) is 4.00. The summed E-state index contributed by atoms with van der Waals surface area (Å²) < 4.78 is 0. The van der Waals surface area contributed by atoms with Gasteiger partial charge in [0.25, 0.3) is 0 Å². The van der Waals surface area contributed by atoms with Gasteiger partial charge in [0.05, 0.1) is 0 Å². The van der Waals surface area contributed by atoms with Crippen molar-refractivity contribution in [1.82, 2.24) is 0 Å². The van der Waals surface area contributed by atoms with Crippen LogP contribution in [-0.2, 0) is 0 Å². The minimum atomic E-state index is 0. The maximum absolute atomic E-state index is 2.20. The molecule has 0 nitrogen and oxygen atoms in total. The molecule has 0 aliphatic rings. The maximum atomic E-state index is 2.20. The molecule has 0 radical (unpaired) electrons. The summed E-state index contributed by atoms with van der Waals surface area (Å²) in [6.07, 6.45) is 0. The van der Waals surface area contributed by atoms with Crippen LogP contribution in [0.4, 0.5) is 0 Å². The Kier molecular flexibility index (Phi) is 5.24. The molecule has 0 saturated carbocycles. The Balaban J connectivity index is 0.00000147. The summed E-state index contributed by atoms with van der Waals surface area (Å²) in [6.45, 7) is 0. The Labute approximate surface area is 132 Å². The van der Waals surface area contributed by atoms with Crippen molar-refractivity contribution >= 4 is 18.9 Å². The van der Waals surface area contributed by atoms with Gasteiger partial charge in [-0.15, -0.1) is 0 Å². The molecule has 3 aromatic carbocycles. The number of hydrogen-bond acceptors (Lipinski definition) is 0. The number of benzene rings is 3. The Morgan fingerprint density at radius 3 is 0.900 bits per heavy atom. The molecule has 1 heteroatoms. The summed E-state index contributed by atoms with van der Waals surface area (Å²) in [5.74, 6) is 0.309. The third-order valence-corrected chi connectivity index (χ3v) is 3.40. The molecule has 0 fully saturated rings. The van der Waals surface area contributed by atoms with Gasteiger partial charge in [0, 0.05) is 5.92 Å². The monoisotopic (exact) mass is 252 g/mol. The second-order valence-corrected chi connectivity index (χ2v) is 4.67. The third-order valence-electron chi connectivity index (χ3n) is 3.40. The molecule has 94 valence electrons. The van der Waals surface area contributed by atoms with Gasteiger partial charge in [-0.05, 0) is 16.7 Å². The number of rotatable bonds is 3. The summed E-state index contributed by atoms with van der Waals surface area (Å²) >= 11 is 0. The van der Waals surface area contributed by atoms with Gasteiger partial charge < -0.3 is 0 Å². The fourth-order valence-electron chi connectivity index (χ4n) is 2.51. The van der Waals surface area contributed by atoms with Gasteiger partial charge in [-0.3, -0.25) is 0 Å². The molecule has 0 saturated heterocycles. The van der Waals surface area contributed by atoms with E-state index >= 15 is 0 Å². The van der Waals surface area contributed by atoms with Gasteiger partial charge in [0.1, 0.15) is 0 Å². The van der Waals surface area contributed by atoms with Gasteiger partial charge >= 0.3 is 18.9 Å². The molecule has 0 aliphatic heterocycles. The van der Waals surface area contributed by atoms with Gasteiger partial charge in [0.2, 0.25) is 0 Å². The molecule has 0 spiro atoms. The van der Waals surface area contributed by atoms with Crippen molar-refractivity contribution in [3.63, 3.8) is 0 Å². The molecule has 0 amide bonds. The smallest absolute Gasteiger partial charge is 0.0339 e. The first-order chi connectivity index (χ1) is 9.45. The molecule has 0 aliphatic carbocycles. The van der Waals surface area contributed by atoms with E-state index in [2.05, 4.69) is 91.0 Å². The van der Waals surface area contributed by atoms with Crippen LogP contribution >= 0.6 is 0 Å². The van der Waals surface area contributed by atoms with Gasteiger partial charge in [-0.25, -0.2) is 0 Å². The predicted molar refractivity (Wildman–Crippen MR) is 87.4 cm³/mol. The minimum absolute atomic E-state index is 0. The molecule has 0 atom stereocenters. The van der Waals surface area contributed by atoms with Crippen LogP contribution in [0, 0.1) is 0 Å². The van der Waals surface area contributed by atoms with Gasteiger partial charge in [-0.1, -0.05) is 91.0 Å². The van der Waals surface area contributed by atoms with Crippen LogP contribution in [0.5, 0.6) is 0 Å². The Bertz CT molecular complexity index is 524. The van der Waals surface area contributed by atoms with Crippen molar-refractivity contribution < 1.29 is 0 Å². The molecular weight excluding hydrogens is 235 g/mol. The molecule has 3 aromatic rings. The van der Waals surface area contributed by atoms with Crippen LogP contribution in [0.1, 0.15) is 22.6 Å². The first-order valence-electron chi connectivity index (χ1n) is 6.60. The Hall–Kier alpha value is -1.74. The van der Waals surface area contributed by atoms with E-state index in [1.807, 2.05) is 0 Å². The first-order valence-corrected chi connectivity index (χ1v) is 6.60. The van der Waals surface area contributed by atoms with E-state index in [0.717, 1.165) is 0 Å². The maximum Gasteiger partial charge on any atom is 0.0339 e. The summed E-state index contributed by atoms with van der Waals surface area (Å²) in [6, 6.07) is 32.0. The van der Waals surface area contributed by atoms with Gasteiger partial charge in [-0.2, -0.15) is 0 Å². The first kappa shape index (κ1) is 14.7. The van der Waals surface area contributed by atoms with E-state index in [4.69, 9.17) is 0 Å². The molecular formula is C19H17Li. The standard InChI is InChI=1S/C19H16.Li.H/c1-4-10-16(11-5-1)19(17-12-6-2-7-13-17)18-14-8-3-9-15-18;;/h1-15,19H;;. The van der Waals surface area contributed by atoms with Crippen LogP contribution in [0.2, 0.25) is 0 Å². The van der Waals surface area contributed by atoms with Gasteiger partial charge in [0.15, 0.2) is 0 Å². The summed E-state index contributed by atoms with van der Waals surface area (Å²) in [4.78, 5) is 0. The van der Waals surface area contributed by atoms with Crippen molar-refractivity contribution in [2.45, 2.75) is 5.92 Å². The molecule has 20 heavy (non-hydrogen) atoms. The fourth-order valence-corrected chi connectivity index (χ4v) is 2.51. The Morgan fingerprint density at radius 2 is 0.650 bits per heavy atom. The van der Waals surface area contributed by atoms with E-state index in [0.29, 0.717) is 5.92 Å². The van der Waals surface area contributed by atoms with Crippen molar-refractivity contribution in [2.24, 2.45) is 0 Å². The largest absolute Gasteiger partial charge is 0.0622 e. The molecule has 3 rings (SSSR count). The van der Waals surface area contributed by atoms with E-state index < -0.39 is 0 Å². The zero-order valence-electron chi connectivity index (χ0n) is 10.7. The van der Waals surface area contributed by atoms with Crippen LogP contribution in [-0.4, -0.2) is 18.9 Å². The van der Waals surface area contributed by atoms with Crippen LogP contribution in [0.15, 0.2) is 91.0 Å². The molecule has 0 heterocycles. The normalized spacial score (nSPS) is 10.1. The van der Waals surface area contributed by atoms with Crippen LogP contribution in [0.25, 0.3) is 0 Å². The summed E-state index contributed by atoms with van der Waals surface area (Å²) in [5, 5.41) is 0. The summed E-state index contributed by atoms with van der Waals surface area (Å²) in [7, 11) is 0. The van der Waals surface area contributed by atoms with Crippen LogP contribution < -0.4 is 0 Å².